The zero-order valence-corrected chi connectivity index (χ0v) is 13.9. The molecule has 5 nitrogen and oxygen atoms in total. The standard InChI is InChI=1S/C18H25N5/c1-19-18(20-13-17-8-10-21-22(17)2)23-11-9-16(14-23)12-15-6-4-3-5-7-15/h3-8,10,16H,9,11-14H2,1-2H3,(H,19,20). The highest BCUT2D eigenvalue weighted by atomic mass is 15.3. The zero-order chi connectivity index (χ0) is 16.1. The van der Waals surface area contributed by atoms with E-state index in [0.29, 0.717) is 5.92 Å². The Morgan fingerprint density at radius 3 is 2.83 bits per heavy atom. The summed E-state index contributed by atoms with van der Waals surface area (Å²) in [5.74, 6) is 1.69. The molecule has 1 unspecified atom stereocenters. The first-order valence-corrected chi connectivity index (χ1v) is 8.22. The predicted octanol–water partition coefficient (Wildman–Crippen LogP) is 2.06. The van der Waals surface area contributed by atoms with Gasteiger partial charge in [-0.25, -0.2) is 0 Å². The van der Waals surface area contributed by atoms with Gasteiger partial charge in [0.1, 0.15) is 0 Å². The van der Waals surface area contributed by atoms with Gasteiger partial charge in [-0.1, -0.05) is 30.3 Å². The summed E-state index contributed by atoms with van der Waals surface area (Å²) in [7, 11) is 3.82. The third-order valence-electron chi connectivity index (χ3n) is 4.51. The maximum Gasteiger partial charge on any atom is 0.193 e. The lowest BCUT2D eigenvalue weighted by Crippen LogP contribution is -2.40. The van der Waals surface area contributed by atoms with E-state index in [4.69, 9.17) is 0 Å². The van der Waals surface area contributed by atoms with Crippen LogP contribution in [0.25, 0.3) is 0 Å². The number of nitrogens with one attached hydrogen (secondary N) is 1. The number of rotatable bonds is 4. The molecule has 1 aliphatic heterocycles. The van der Waals surface area contributed by atoms with Crippen molar-refractivity contribution < 1.29 is 0 Å². The third kappa shape index (κ3) is 3.92. The molecule has 2 heterocycles. The average Bonchev–Trinajstić information content (AvgIpc) is 3.19. The largest absolute Gasteiger partial charge is 0.351 e. The molecular formula is C18H25N5. The Morgan fingerprint density at radius 1 is 1.30 bits per heavy atom. The molecule has 23 heavy (non-hydrogen) atoms. The van der Waals surface area contributed by atoms with Gasteiger partial charge in [-0.15, -0.1) is 0 Å². The van der Waals surface area contributed by atoms with Crippen molar-refractivity contribution in [3.63, 3.8) is 0 Å². The Balaban J connectivity index is 1.53. The minimum absolute atomic E-state index is 0.702. The molecule has 122 valence electrons. The second-order valence-corrected chi connectivity index (χ2v) is 6.14. The quantitative estimate of drug-likeness (QED) is 0.694. The van der Waals surface area contributed by atoms with Crippen LogP contribution in [-0.4, -0.2) is 40.8 Å². The molecule has 1 aromatic carbocycles. The van der Waals surface area contributed by atoms with Crippen molar-refractivity contribution >= 4 is 5.96 Å². The van der Waals surface area contributed by atoms with E-state index in [9.17, 15) is 0 Å². The number of aliphatic imine (C=N–C) groups is 1. The number of hydrogen-bond donors (Lipinski definition) is 1. The molecule has 0 saturated carbocycles. The lowest BCUT2D eigenvalue weighted by Gasteiger charge is -2.21. The van der Waals surface area contributed by atoms with E-state index in [1.165, 1.54) is 12.0 Å². The second kappa shape index (κ2) is 7.31. The van der Waals surface area contributed by atoms with Gasteiger partial charge in [0.25, 0.3) is 0 Å². The number of likely N-dealkylation sites (tertiary alicyclic amines) is 1. The molecule has 1 aliphatic rings. The van der Waals surface area contributed by atoms with Gasteiger partial charge in [-0.3, -0.25) is 9.67 Å². The van der Waals surface area contributed by atoms with Crippen LogP contribution < -0.4 is 5.32 Å². The normalized spacial score (nSPS) is 18.4. The molecule has 1 aromatic heterocycles. The summed E-state index contributed by atoms with van der Waals surface area (Å²) in [6.45, 7) is 2.89. The SMILES string of the molecule is CN=C(NCc1ccnn1C)N1CCC(Cc2ccccc2)C1. The fourth-order valence-corrected chi connectivity index (χ4v) is 3.22. The summed E-state index contributed by atoms with van der Waals surface area (Å²) < 4.78 is 1.89. The van der Waals surface area contributed by atoms with E-state index < -0.39 is 0 Å². The molecule has 0 radical (unpaired) electrons. The highest BCUT2D eigenvalue weighted by molar-refractivity contribution is 5.80. The Kier molecular flexibility index (Phi) is 4.95. The minimum Gasteiger partial charge on any atom is -0.351 e. The van der Waals surface area contributed by atoms with Crippen molar-refractivity contribution in [3.8, 4) is 0 Å². The van der Waals surface area contributed by atoms with E-state index in [1.54, 1.807) is 0 Å². The fraction of sp³-hybridized carbons (Fsp3) is 0.444. The number of guanidine groups is 1. The average molecular weight is 311 g/mol. The molecule has 0 aliphatic carbocycles. The Morgan fingerprint density at radius 2 is 2.13 bits per heavy atom. The van der Waals surface area contributed by atoms with Gasteiger partial charge in [0.2, 0.25) is 0 Å². The Hall–Kier alpha value is -2.30. The van der Waals surface area contributed by atoms with Crippen LogP contribution in [0, 0.1) is 5.92 Å². The van der Waals surface area contributed by atoms with Crippen molar-refractivity contribution in [1.82, 2.24) is 20.0 Å². The van der Waals surface area contributed by atoms with Crippen molar-refractivity contribution in [2.24, 2.45) is 18.0 Å². The monoisotopic (exact) mass is 311 g/mol. The lowest BCUT2D eigenvalue weighted by atomic mass is 9.99. The molecule has 5 heteroatoms. The molecule has 1 fully saturated rings. The van der Waals surface area contributed by atoms with Gasteiger partial charge < -0.3 is 10.2 Å². The number of aryl methyl sites for hydroxylation is 1. The van der Waals surface area contributed by atoms with Crippen LogP contribution >= 0.6 is 0 Å². The van der Waals surface area contributed by atoms with Crippen LogP contribution in [0.2, 0.25) is 0 Å². The van der Waals surface area contributed by atoms with Crippen LogP contribution in [0.5, 0.6) is 0 Å². The van der Waals surface area contributed by atoms with E-state index in [-0.39, 0.29) is 0 Å². The van der Waals surface area contributed by atoms with Crippen LogP contribution in [0.1, 0.15) is 17.7 Å². The predicted molar refractivity (Wildman–Crippen MR) is 93.2 cm³/mol. The Labute approximate surface area is 138 Å². The number of benzene rings is 1. The van der Waals surface area contributed by atoms with Gasteiger partial charge in [0, 0.05) is 33.4 Å². The van der Waals surface area contributed by atoms with Crippen molar-refractivity contribution in [3.05, 3.63) is 53.9 Å². The molecular weight excluding hydrogens is 286 g/mol. The maximum absolute atomic E-state index is 4.44. The summed E-state index contributed by atoms with van der Waals surface area (Å²) in [5.41, 5.74) is 2.59. The number of nitrogens with zero attached hydrogens (tertiary/aromatic N) is 4. The van der Waals surface area contributed by atoms with Gasteiger partial charge in [0.15, 0.2) is 5.96 Å². The highest BCUT2D eigenvalue weighted by Crippen LogP contribution is 2.20. The topological polar surface area (TPSA) is 45.5 Å². The number of hydrogen-bond acceptors (Lipinski definition) is 2. The molecule has 1 atom stereocenters. The van der Waals surface area contributed by atoms with Crippen LogP contribution in [0.15, 0.2) is 47.6 Å². The van der Waals surface area contributed by atoms with Gasteiger partial charge in [0.05, 0.1) is 12.2 Å². The first-order valence-electron chi connectivity index (χ1n) is 8.22. The molecule has 0 amide bonds. The van der Waals surface area contributed by atoms with Crippen LogP contribution in [0.3, 0.4) is 0 Å². The van der Waals surface area contributed by atoms with Crippen LogP contribution in [0.4, 0.5) is 0 Å². The number of aromatic nitrogens is 2. The third-order valence-corrected chi connectivity index (χ3v) is 4.51. The van der Waals surface area contributed by atoms with Crippen molar-refractivity contribution in [2.75, 3.05) is 20.1 Å². The van der Waals surface area contributed by atoms with E-state index in [1.807, 2.05) is 31.0 Å². The van der Waals surface area contributed by atoms with Crippen molar-refractivity contribution in [1.29, 1.82) is 0 Å². The van der Waals surface area contributed by atoms with Gasteiger partial charge in [-0.2, -0.15) is 5.10 Å². The Bertz CT molecular complexity index is 646. The highest BCUT2D eigenvalue weighted by Gasteiger charge is 2.24. The first-order chi connectivity index (χ1) is 11.3. The van der Waals surface area contributed by atoms with E-state index in [2.05, 4.69) is 50.6 Å². The van der Waals surface area contributed by atoms with Crippen LogP contribution in [-0.2, 0) is 20.0 Å². The summed E-state index contributed by atoms with van der Waals surface area (Å²) in [4.78, 5) is 6.81. The molecule has 0 bridgehead atoms. The second-order valence-electron chi connectivity index (χ2n) is 6.14. The lowest BCUT2D eigenvalue weighted by molar-refractivity contribution is 0.458. The molecule has 1 N–H and O–H groups in total. The molecule has 1 saturated heterocycles. The van der Waals surface area contributed by atoms with Crippen molar-refractivity contribution in [2.45, 2.75) is 19.4 Å². The van der Waals surface area contributed by atoms with Gasteiger partial charge >= 0.3 is 0 Å². The first kappa shape index (κ1) is 15.6. The zero-order valence-electron chi connectivity index (χ0n) is 13.9. The van der Waals surface area contributed by atoms with E-state index >= 15 is 0 Å². The molecule has 3 rings (SSSR count). The summed E-state index contributed by atoms with van der Waals surface area (Å²) in [5, 5.41) is 7.65. The van der Waals surface area contributed by atoms with E-state index in [0.717, 1.165) is 37.7 Å². The van der Waals surface area contributed by atoms with Gasteiger partial charge in [-0.05, 0) is 30.4 Å². The summed E-state index contributed by atoms with van der Waals surface area (Å²) in [6.07, 6.45) is 4.20. The summed E-state index contributed by atoms with van der Waals surface area (Å²) >= 11 is 0. The fourth-order valence-electron chi connectivity index (χ4n) is 3.22. The molecule has 2 aromatic rings. The smallest absolute Gasteiger partial charge is 0.193 e. The summed E-state index contributed by atoms with van der Waals surface area (Å²) in [6, 6.07) is 12.8. The maximum atomic E-state index is 4.44. The minimum atomic E-state index is 0.702. The molecule has 0 spiro atoms.